The van der Waals surface area contributed by atoms with Crippen molar-refractivity contribution in [3.63, 3.8) is 0 Å². The molecule has 0 saturated heterocycles. The predicted octanol–water partition coefficient (Wildman–Crippen LogP) is 2.77. The molecule has 1 rings (SSSR count). The molecule has 1 heterocycles. The lowest BCUT2D eigenvalue weighted by molar-refractivity contribution is -0.142. The summed E-state index contributed by atoms with van der Waals surface area (Å²) in [5.74, 6) is 0.348. The minimum Gasteiger partial charge on any atom is -0.273 e. The molecular weight excluding hydrogens is 200 g/mol. The molecule has 0 aromatic carbocycles. The van der Waals surface area contributed by atoms with Gasteiger partial charge in [-0.05, 0) is 10.8 Å². The Kier molecular flexibility index (Phi) is 3.19. The lowest BCUT2D eigenvalue weighted by Crippen LogP contribution is -2.49. The quantitative estimate of drug-likeness (QED) is 0.622. The maximum atomic E-state index is 12.2. The Hall–Kier alpha value is -0.860. The van der Waals surface area contributed by atoms with Crippen molar-refractivity contribution < 1.29 is 4.79 Å². The molecule has 0 aromatic heterocycles. The van der Waals surface area contributed by atoms with Crippen molar-refractivity contribution in [2.45, 2.75) is 41.5 Å². The molecule has 2 atom stereocenters. The first kappa shape index (κ1) is 13.2. The second kappa shape index (κ2) is 3.86. The van der Waals surface area contributed by atoms with Gasteiger partial charge in [-0.15, -0.1) is 0 Å². The number of nitrogens with zero attached hydrogens (tertiary/aromatic N) is 2. The average molecular weight is 224 g/mol. The molecule has 1 aliphatic heterocycles. The number of hydrazone groups is 1. The van der Waals surface area contributed by atoms with Gasteiger partial charge in [-0.2, -0.15) is 5.10 Å². The molecule has 0 N–H and O–H groups in total. The molecular formula is C13H24N2O. The second-order valence-corrected chi connectivity index (χ2v) is 6.86. The predicted molar refractivity (Wildman–Crippen MR) is 67.2 cm³/mol. The first-order valence-corrected chi connectivity index (χ1v) is 5.87. The van der Waals surface area contributed by atoms with E-state index < -0.39 is 0 Å². The molecule has 0 bridgehead atoms. The van der Waals surface area contributed by atoms with Crippen molar-refractivity contribution in [1.29, 1.82) is 0 Å². The van der Waals surface area contributed by atoms with Crippen LogP contribution in [0.3, 0.4) is 0 Å². The third kappa shape index (κ3) is 2.45. The van der Waals surface area contributed by atoms with Crippen molar-refractivity contribution in [1.82, 2.24) is 5.01 Å². The third-order valence-corrected chi connectivity index (χ3v) is 3.28. The van der Waals surface area contributed by atoms with Gasteiger partial charge in [-0.3, -0.25) is 4.79 Å². The third-order valence-electron chi connectivity index (χ3n) is 3.28. The van der Waals surface area contributed by atoms with Gasteiger partial charge in [0, 0.05) is 19.2 Å². The van der Waals surface area contributed by atoms with Crippen LogP contribution in [0.15, 0.2) is 5.10 Å². The highest BCUT2D eigenvalue weighted by Crippen LogP contribution is 2.42. The Bertz CT molecular complexity index is 307. The lowest BCUT2D eigenvalue weighted by Gasteiger charge is -2.43. The van der Waals surface area contributed by atoms with E-state index in [9.17, 15) is 4.79 Å². The number of rotatable bonds is 0. The molecule has 2 unspecified atom stereocenters. The van der Waals surface area contributed by atoms with Gasteiger partial charge < -0.3 is 0 Å². The molecule has 0 aliphatic carbocycles. The van der Waals surface area contributed by atoms with E-state index in [1.54, 1.807) is 7.05 Å². The summed E-state index contributed by atoms with van der Waals surface area (Å²) in [5.41, 5.74) is 0.0358. The monoisotopic (exact) mass is 224 g/mol. The van der Waals surface area contributed by atoms with E-state index in [1.165, 1.54) is 5.01 Å². The number of hydrogen-bond donors (Lipinski definition) is 0. The van der Waals surface area contributed by atoms with Crippen LogP contribution in [-0.2, 0) is 4.79 Å². The van der Waals surface area contributed by atoms with Gasteiger partial charge in [0.2, 0.25) is 5.91 Å². The molecule has 1 amide bonds. The molecule has 0 fully saturated rings. The minimum absolute atomic E-state index is 0.00926. The summed E-state index contributed by atoms with van der Waals surface area (Å²) < 4.78 is 0. The van der Waals surface area contributed by atoms with Crippen LogP contribution in [0.1, 0.15) is 41.5 Å². The van der Waals surface area contributed by atoms with Gasteiger partial charge >= 0.3 is 0 Å². The number of amides is 1. The molecule has 92 valence electrons. The fourth-order valence-corrected chi connectivity index (χ4v) is 2.30. The molecule has 0 aromatic rings. The summed E-state index contributed by atoms with van der Waals surface area (Å²) in [6.45, 7) is 12.9. The Morgan fingerprint density at radius 2 is 1.62 bits per heavy atom. The van der Waals surface area contributed by atoms with Gasteiger partial charge in [0.1, 0.15) is 0 Å². The zero-order chi connectivity index (χ0) is 12.7. The zero-order valence-corrected chi connectivity index (χ0v) is 11.5. The normalized spacial score (nSPS) is 27.4. The van der Waals surface area contributed by atoms with E-state index in [0.29, 0.717) is 0 Å². The van der Waals surface area contributed by atoms with Crippen LogP contribution in [0.25, 0.3) is 0 Å². The fraction of sp³-hybridized carbons (Fsp3) is 0.846. The standard InChI is InChI=1S/C13H24N2O/c1-12(2,3)9-8-14-15(7)11(16)10(9)13(4,5)6/h8-10H,1-7H3. The molecule has 16 heavy (non-hydrogen) atoms. The molecule has 1 aliphatic rings. The van der Waals surface area contributed by atoms with Gasteiger partial charge in [-0.1, -0.05) is 41.5 Å². The lowest BCUT2D eigenvalue weighted by atomic mass is 9.64. The molecule has 3 heteroatoms. The van der Waals surface area contributed by atoms with Crippen LogP contribution in [0.5, 0.6) is 0 Å². The summed E-state index contributed by atoms with van der Waals surface area (Å²) in [7, 11) is 1.73. The Morgan fingerprint density at radius 3 is 2.00 bits per heavy atom. The van der Waals surface area contributed by atoms with Crippen LogP contribution in [-0.4, -0.2) is 24.2 Å². The molecule has 3 nitrogen and oxygen atoms in total. The highest BCUT2D eigenvalue weighted by Gasteiger charge is 2.45. The van der Waals surface area contributed by atoms with Crippen LogP contribution in [0, 0.1) is 22.7 Å². The first-order chi connectivity index (χ1) is 7.05. The Morgan fingerprint density at radius 1 is 1.12 bits per heavy atom. The summed E-state index contributed by atoms with van der Waals surface area (Å²) in [6, 6.07) is 0. The smallest absolute Gasteiger partial charge is 0.246 e. The highest BCUT2D eigenvalue weighted by molar-refractivity contribution is 5.86. The topological polar surface area (TPSA) is 32.7 Å². The molecule has 0 saturated carbocycles. The van der Waals surface area contributed by atoms with Crippen LogP contribution in [0.4, 0.5) is 0 Å². The fourth-order valence-electron chi connectivity index (χ4n) is 2.30. The Balaban J connectivity index is 3.16. The van der Waals surface area contributed by atoms with Gasteiger partial charge in [0.25, 0.3) is 0 Å². The first-order valence-electron chi connectivity index (χ1n) is 5.87. The summed E-state index contributed by atoms with van der Waals surface area (Å²) in [5, 5.41) is 5.65. The highest BCUT2D eigenvalue weighted by atomic mass is 16.2. The van der Waals surface area contributed by atoms with Crippen molar-refractivity contribution in [2.24, 2.45) is 27.8 Å². The summed E-state index contributed by atoms with van der Waals surface area (Å²) in [6.07, 6.45) is 1.94. The van der Waals surface area contributed by atoms with E-state index in [-0.39, 0.29) is 28.6 Å². The van der Waals surface area contributed by atoms with Crippen molar-refractivity contribution in [3.8, 4) is 0 Å². The van der Waals surface area contributed by atoms with E-state index >= 15 is 0 Å². The zero-order valence-electron chi connectivity index (χ0n) is 11.5. The number of carbonyl (C=O) groups is 1. The number of carbonyl (C=O) groups excluding carboxylic acids is 1. The van der Waals surface area contributed by atoms with Gasteiger partial charge in [0.05, 0.1) is 5.92 Å². The minimum atomic E-state index is -0.0320. The SMILES string of the molecule is CN1N=CC(C(C)(C)C)C(C(C)(C)C)C1=O. The van der Waals surface area contributed by atoms with Gasteiger partial charge in [-0.25, -0.2) is 5.01 Å². The maximum absolute atomic E-state index is 12.2. The van der Waals surface area contributed by atoms with Crippen molar-refractivity contribution in [3.05, 3.63) is 0 Å². The van der Waals surface area contributed by atoms with E-state index in [0.717, 1.165) is 0 Å². The molecule has 0 radical (unpaired) electrons. The molecule has 0 spiro atoms. The van der Waals surface area contributed by atoms with Crippen LogP contribution in [0.2, 0.25) is 0 Å². The Labute approximate surface area is 98.9 Å². The maximum Gasteiger partial charge on any atom is 0.246 e. The summed E-state index contributed by atoms with van der Waals surface area (Å²) >= 11 is 0. The second-order valence-electron chi connectivity index (χ2n) is 6.86. The van der Waals surface area contributed by atoms with Crippen molar-refractivity contribution in [2.75, 3.05) is 7.05 Å². The van der Waals surface area contributed by atoms with Crippen LogP contribution >= 0.6 is 0 Å². The van der Waals surface area contributed by atoms with Crippen molar-refractivity contribution >= 4 is 12.1 Å². The van der Waals surface area contributed by atoms with Gasteiger partial charge in [0.15, 0.2) is 0 Å². The van der Waals surface area contributed by atoms with E-state index in [2.05, 4.69) is 46.6 Å². The summed E-state index contributed by atoms with van der Waals surface area (Å²) in [4.78, 5) is 12.2. The van der Waals surface area contributed by atoms with E-state index in [4.69, 9.17) is 0 Å². The number of hydrogen-bond acceptors (Lipinski definition) is 2. The van der Waals surface area contributed by atoms with E-state index in [1.807, 2.05) is 6.21 Å². The van der Waals surface area contributed by atoms with Crippen LogP contribution < -0.4 is 0 Å². The largest absolute Gasteiger partial charge is 0.273 e. The average Bonchev–Trinajstić information content (AvgIpc) is 2.05.